The first kappa shape index (κ1) is 10.2. The van der Waals surface area contributed by atoms with Crippen molar-refractivity contribution in [3.8, 4) is 0 Å². The molecule has 0 saturated carbocycles. The second-order valence-corrected chi connectivity index (χ2v) is 5.10. The largest absolute Gasteiger partial charge is 0.0576 e. The minimum Gasteiger partial charge on any atom is -0.0576 e. The second kappa shape index (κ2) is 4.97. The quantitative estimate of drug-likeness (QED) is 0.638. The maximum Gasteiger partial charge on any atom is 0.0178 e. The molecule has 0 spiro atoms. The van der Waals surface area contributed by atoms with Crippen LogP contribution in [0.2, 0.25) is 0 Å². The molecule has 0 saturated heterocycles. The average molecular weight is 253 g/mol. The van der Waals surface area contributed by atoms with Crippen LogP contribution in [-0.2, 0) is 12.8 Å². The standard InChI is InChI=1S/C13H17Br/c14-13-9-8-11-6-4-2-1-3-5-7-12(11)10-13/h8-10H,1-7H2. The van der Waals surface area contributed by atoms with E-state index in [2.05, 4.69) is 34.1 Å². The van der Waals surface area contributed by atoms with Gasteiger partial charge in [0.2, 0.25) is 0 Å². The van der Waals surface area contributed by atoms with E-state index in [-0.39, 0.29) is 0 Å². The molecular formula is C13H17Br. The van der Waals surface area contributed by atoms with Crippen LogP contribution in [0.15, 0.2) is 22.7 Å². The van der Waals surface area contributed by atoms with Crippen LogP contribution in [0.1, 0.15) is 43.2 Å². The summed E-state index contributed by atoms with van der Waals surface area (Å²) < 4.78 is 1.23. The molecule has 0 atom stereocenters. The van der Waals surface area contributed by atoms with E-state index in [0.29, 0.717) is 0 Å². The Morgan fingerprint density at radius 1 is 0.786 bits per heavy atom. The summed E-state index contributed by atoms with van der Waals surface area (Å²) in [6.07, 6.45) is 9.53. The Labute approximate surface area is 94.8 Å². The Morgan fingerprint density at radius 2 is 1.43 bits per heavy atom. The molecule has 1 aromatic carbocycles. The highest BCUT2D eigenvalue weighted by molar-refractivity contribution is 9.10. The van der Waals surface area contributed by atoms with Gasteiger partial charge in [-0.05, 0) is 48.9 Å². The van der Waals surface area contributed by atoms with E-state index in [0.717, 1.165) is 0 Å². The second-order valence-electron chi connectivity index (χ2n) is 4.18. The fourth-order valence-electron chi connectivity index (χ4n) is 2.23. The fourth-order valence-corrected chi connectivity index (χ4v) is 2.64. The van der Waals surface area contributed by atoms with Gasteiger partial charge in [-0.2, -0.15) is 0 Å². The van der Waals surface area contributed by atoms with E-state index in [1.807, 2.05) is 0 Å². The normalized spacial score (nSPS) is 17.8. The first-order valence-electron chi connectivity index (χ1n) is 5.63. The molecule has 2 rings (SSSR count). The van der Waals surface area contributed by atoms with E-state index >= 15 is 0 Å². The predicted molar refractivity (Wildman–Crippen MR) is 64.6 cm³/mol. The summed E-state index contributed by atoms with van der Waals surface area (Å²) in [5.74, 6) is 0. The van der Waals surface area contributed by atoms with Gasteiger partial charge in [-0.25, -0.2) is 0 Å². The predicted octanol–water partition coefficient (Wildman–Crippen LogP) is 4.50. The molecule has 0 heterocycles. The summed E-state index contributed by atoms with van der Waals surface area (Å²) in [4.78, 5) is 0. The summed E-state index contributed by atoms with van der Waals surface area (Å²) in [6, 6.07) is 6.78. The third-order valence-corrected chi connectivity index (χ3v) is 3.55. The smallest absolute Gasteiger partial charge is 0.0178 e. The van der Waals surface area contributed by atoms with Gasteiger partial charge in [0, 0.05) is 4.47 Å². The number of hydrogen-bond donors (Lipinski definition) is 0. The van der Waals surface area contributed by atoms with Crippen LogP contribution in [0.5, 0.6) is 0 Å². The van der Waals surface area contributed by atoms with Crippen molar-refractivity contribution in [2.24, 2.45) is 0 Å². The molecule has 0 nitrogen and oxygen atoms in total. The zero-order valence-electron chi connectivity index (χ0n) is 8.56. The van der Waals surface area contributed by atoms with Gasteiger partial charge in [0.1, 0.15) is 0 Å². The SMILES string of the molecule is Brc1ccc2c(c1)CCCCCCC2. The average Bonchev–Trinajstić information content (AvgIpc) is 2.29. The van der Waals surface area contributed by atoms with Crippen molar-refractivity contribution in [1.29, 1.82) is 0 Å². The Balaban J connectivity index is 2.22. The number of benzene rings is 1. The summed E-state index contributed by atoms with van der Waals surface area (Å²) in [5.41, 5.74) is 3.15. The highest BCUT2D eigenvalue weighted by atomic mass is 79.9. The number of halogens is 1. The molecule has 14 heavy (non-hydrogen) atoms. The molecule has 76 valence electrons. The van der Waals surface area contributed by atoms with E-state index in [1.54, 1.807) is 11.1 Å². The van der Waals surface area contributed by atoms with Crippen LogP contribution in [0.4, 0.5) is 0 Å². The number of rotatable bonds is 0. The molecule has 0 N–H and O–H groups in total. The topological polar surface area (TPSA) is 0 Å². The van der Waals surface area contributed by atoms with Gasteiger partial charge in [0.25, 0.3) is 0 Å². The van der Waals surface area contributed by atoms with Gasteiger partial charge < -0.3 is 0 Å². The molecular weight excluding hydrogens is 236 g/mol. The van der Waals surface area contributed by atoms with Crippen LogP contribution in [0.3, 0.4) is 0 Å². The molecule has 0 aromatic heterocycles. The molecule has 0 fully saturated rings. The Hall–Kier alpha value is -0.300. The van der Waals surface area contributed by atoms with Crippen molar-refractivity contribution >= 4 is 15.9 Å². The van der Waals surface area contributed by atoms with Crippen molar-refractivity contribution in [1.82, 2.24) is 0 Å². The number of hydrogen-bond acceptors (Lipinski definition) is 0. The van der Waals surface area contributed by atoms with E-state index in [1.165, 1.54) is 49.4 Å². The molecule has 1 aliphatic carbocycles. The first-order chi connectivity index (χ1) is 6.86. The van der Waals surface area contributed by atoms with Crippen molar-refractivity contribution in [3.63, 3.8) is 0 Å². The zero-order valence-corrected chi connectivity index (χ0v) is 10.1. The van der Waals surface area contributed by atoms with Crippen LogP contribution in [0.25, 0.3) is 0 Å². The summed E-state index contributed by atoms with van der Waals surface area (Å²) in [5, 5.41) is 0. The molecule has 1 aromatic rings. The molecule has 0 unspecified atom stereocenters. The van der Waals surface area contributed by atoms with E-state index in [4.69, 9.17) is 0 Å². The third kappa shape index (κ3) is 2.60. The summed E-state index contributed by atoms with van der Waals surface area (Å²) in [6.45, 7) is 0. The molecule has 1 aliphatic rings. The third-order valence-electron chi connectivity index (χ3n) is 3.06. The minimum absolute atomic E-state index is 1.23. The maximum absolute atomic E-state index is 3.55. The Morgan fingerprint density at radius 3 is 2.21 bits per heavy atom. The van der Waals surface area contributed by atoms with Gasteiger partial charge in [0.05, 0.1) is 0 Å². The minimum atomic E-state index is 1.23. The lowest BCUT2D eigenvalue weighted by molar-refractivity contribution is 0.629. The summed E-state index contributed by atoms with van der Waals surface area (Å²) >= 11 is 3.55. The van der Waals surface area contributed by atoms with Gasteiger partial charge in [-0.1, -0.05) is 41.3 Å². The van der Waals surface area contributed by atoms with Crippen molar-refractivity contribution < 1.29 is 0 Å². The van der Waals surface area contributed by atoms with Crippen LogP contribution in [0, 0.1) is 0 Å². The monoisotopic (exact) mass is 252 g/mol. The van der Waals surface area contributed by atoms with Gasteiger partial charge in [-0.3, -0.25) is 0 Å². The molecule has 0 aliphatic heterocycles. The Bertz CT molecular complexity index is 304. The molecule has 0 radical (unpaired) electrons. The number of aryl methyl sites for hydroxylation is 2. The molecule has 0 bridgehead atoms. The highest BCUT2D eigenvalue weighted by Gasteiger charge is 2.05. The van der Waals surface area contributed by atoms with Crippen molar-refractivity contribution in [3.05, 3.63) is 33.8 Å². The zero-order chi connectivity index (χ0) is 9.80. The molecule has 0 amide bonds. The van der Waals surface area contributed by atoms with Crippen LogP contribution >= 0.6 is 15.9 Å². The highest BCUT2D eigenvalue weighted by Crippen LogP contribution is 2.22. The fraction of sp³-hybridized carbons (Fsp3) is 0.538. The Kier molecular flexibility index (Phi) is 3.63. The van der Waals surface area contributed by atoms with Gasteiger partial charge >= 0.3 is 0 Å². The summed E-state index contributed by atoms with van der Waals surface area (Å²) in [7, 11) is 0. The van der Waals surface area contributed by atoms with Gasteiger partial charge in [0.15, 0.2) is 0 Å². The molecule has 1 heteroatoms. The lowest BCUT2D eigenvalue weighted by Gasteiger charge is -2.07. The van der Waals surface area contributed by atoms with E-state index in [9.17, 15) is 0 Å². The van der Waals surface area contributed by atoms with Crippen LogP contribution < -0.4 is 0 Å². The lowest BCUT2D eigenvalue weighted by atomic mass is 10.00. The number of fused-ring (bicyclic) bond motifs is 1. The van der Waals surface area contributed by atoms with Crippen molar-refractivity contribution in [2.45, 2.75) is 44.9 Å². The van der Waals surface area contributed by atoms with Gasteiger partial charge in [-0.15, -0.1) is 0 Å². The lowest BCUT2D eigenvalue weighted by Crippen LogP contribution is -1.93. The van der Waals surface area contributed by atoms with Crippen LogP contribution in [-0.4, -0.2) is 0 Å². The maximum atomic E-state index is 3.55. The van der Waals surface area contributed by atoms with Crippen molar-refractivity contribution in [2.75, 3.05) is 0 Å². The van der Waals surface area contributed by atoms with E-state index < -0.39 is 0 Å². The first-order valence-corrected chi connectivity index (χ1v) is 6.43.